The van der Waals surface area contributed by atoms with Gasteiger partial charge in [0, 0.05) is 33.9 Å². The highest BCUT2D eigenvalue weighted by Gasteiger charge is 2.13. The summed E-state index contributed by atoms with van der Waals surface area (Å²) in [6.07, 6.45) is 6.75. The predicted octanol–water partition coefficient (Wildman–Crippen LogP) is 2.39. The number of rotatable bonds is 12. The van der Waals surface area contributed by atoms with E-state index in [4.69, 9.17) is 4.74 Å². The van der Waals surface area contributed by atoms with Gasteiger partial charge in [-0.15, -0.1) is 0 Å². The summed E-state index contributed by atoms with van der Waals surface area (Å²) < 4.78 is 8.05. The third-order valence-electron chi connectivity index (χ3n) is 5.02. The summed E-state index contributed by atoms with van der Waals surface area (Å²) in [6.45, 7) is 6.85. The molecule has 2 N–H and O–H groups in total. The lowest BCUT2D eigenvalue weighted by Gasteiger charge is -2.14. The van der Waals surface area contributed by atoms with Crippen LogP contribution in [0.4, 0.5) is 5.95 Å². The number of hydrogen-bond acceptors (Lipinski definition) is 5. The zero-order valence-electron chi connectivity index (χ0n) is 17.0. The molecule has 0 bridgehead atoms. The molecule has 0 saturated heterocycles. The molecule has 0 aliphatic rings. The van der Waals surface area contributed by atoms with Gasteiger partial charge in [-0.1, -0.05) is 33.1 Å². The van der Waals surface area contributed by atoms with E-state index in [1.54, 1.807) is 7.05 Å². The highest BCUT2D eigenvalue weighted by molar-refractivity contribution is 5.72. The third-order valence-corrected chi connectivity index (χ3v) is 5.02. The Morgan fingerprint density at radius 1 is 1.11 bits per heavy atom. The van der Waals surface area contributed by atoms with Gasteiger partial charge in [-0.05, 0) is 25.2 Å². The number of nitrogens with zero attached hydrogens (tertiary/aromatic N) is 3. The largest absolute Gasteiger partial charge is 0.381 e. The molecule has 2 rings (SSSR count). The minimum atomic E-state index is -0.376. The molecule has 0 spiro atoms. The van der Waals surface area contributed by atoms with E-state index >= 15 is 0 Å². The highest BCUT2D eigenvalue weighted by Crippen LogP contribution is 2.17. The fourth-order valence-electron chi connectivity index (χ4n) is 3.22. The van der Waals surface area contributed by atoms with E-state index in [1.807, 2.05) is 0 Å². The van der Waals surface area contributed by atoms with Crippen LogP contribution >= 0.6 is 0 Å². The normalized spacial score (nSPS) is 12.6. The maximum Gasteiger partial charge on any atom is 0.332 e. The second-order valence-corrected chi connectivity index (χ2v) is 7.09. The molecule has 0 fully saturated rings. The van der Waals surface area contributed by atoms with Crippen molar-refractivity contribution in [3.63, 3.8) is 0 Å². The quantitative estimate of drug-likeness (QED) is 0.552. The van der Waals surface area contributed by atoms with Crippen LogP contribution in [0, 0.1) is 5.92 Å². The van der Waals surface area contributed by atoms with Gasteiger partial charge in [0.15, 0.2) is 11.2 Å². The number of unbranched alkanes of at least 4 members (excludes halogenated alkanes) is 1. The highest BCUT2D eigenvalue weighted by atomic mass is 16.5. The van der Waals surface area contributed by atoms with Gasteiger partial charge in [0.05, 0.1) is 0 Å². The van der Waals surface area contributed by atoms with Gasteiger partial charge in [0.25, 0.3) is 5.56 Å². The number of aryl methyl sites for hydroxylation is 1. The summed E-state index contributed by atoms with van der Waals surface area (Å²) in [4.78, 5) is 31.5. The number of aromatic amines is 1. The first-order valence-corrected chi connectivity index (χ1v) is 9.96. The van der Waals surface area contributed by atoms with E-state index in [2.05, 4.69) is 29.1 Å². The van der Waals surface area contributed by atoms with Crippen LogP contribution in [-0.4, -0.2) is 38.9 Å². The van der Waals surface area contributed by atoms with Crippen LogP contribution in [0.15, 0.2) is 9.59 Å². The standard InChI is InChI=1S/C19H33N5O3/c1-5-12-27-13-10-14(6-2)9-7-8-11-20-18-21-15-16(22-18)23(3)19(26)24(4)17(15)25/h14H,5-13H2,1-4H3,(H2,20,21,22). The monoisotopic (exact) mass is 379 g/mol. The molecule has 152 valence electrons. The van der Waals surface area contributed by atoms with Crippen molar-refractivity contribution in [2.45, 2.75) is 52.4 Å². The van der Waals surface area contributed by atoms with Gasteiger partial charge in [-0.25, -0.2) is 4.79 Å². The molecule has 0 aromatic carbocycles. The maximum atomic E-state index is 12.2. The van der Waals surface area contributed by atoms with Gasteiger partial charge < -0.3 is 15.0 Å². The predicted molar refractivity (Wildman–Crippen MR) is 108 cm³/mol. The first kappa shape index (κ1) is 21.2. The van der Waals surface area contributed by atoms with Crippen LogP contribution in [-0.2, 0) is 18.8 Å². The Kier molecular flexibility index (Phi) is 8.09. The molecule has 8 heteroatoms. The lowest BCUT2D eigenvalue weighted by molar-refractivity contribution is 0.118. The number of nitrogens with one attached hydrogen (secondary N) is 2. The van der Waals surface area contributed by atoms with Gasteiger partial charge in [-0.2, -0.15) is 4.98 Å². The number of aromatic nitrogens is 4. The molecule has 2 heterocycles. The van der Waals surface area contributed by atoms with Gasteiger partial charge in [0.1, 0.15) is 0 Å². The fourth-order valence-corrected chi connectivity index (χ4v) is 3.22. The van der Waals surface area contributed by atoms with Crippen molar-refractivity contribution in [1.29, 1.82) is 0 Å². The summed E-state index contributed by atoms with van der Waals surface area (Å²) in [5.41, 5.74) is -0.00671. The Hall–Kier alpha value is -2.09. The van der Waals surface area contributed by atoms with Gasteiger partial charge in [0.2, 0.25) is 5.95 Å². The molecule has 0 radical (unpaired) electrons. The van der Waals surface area contributed by atoms with Crippen LogP contribution in [0.25, 0.3) is 11.2 Å². The Balaban J connectivity index is 1.80. The van der Waals surface area contributed by atoms with Crippen molar-refractivity contribution >= 4 is 17.1 Å². The number of H-pyrrole nitrogens is 1. The molecule has 27 heavy (non-hydrogen) atoms. The lowest BCUT2D eigenvalue weighted by Crippen LogP contribution is -2.36. The molecule has 2 aromatic heterocycles. The molecule has 1 atom stereocenters. The van der Waals surface area contributed by atoms with Crippen molar-refractivity contribution in [3.8, 4) is 0 Å². The second-order valence-electron chi connectivity index (χ2n) is 7.09. The van der Waals surface area contributed by atoms with E-state index in [0.29, 0.717) is 23.0 Å². The number of imidazole rings is 1. The topological polar surface area (TPSA) is 93.9 Å². The molecule has 0 aliphatic carbocycles. The average Bonchev–Trinajstić information content (AvgIpc) is 3.10. The summed E-state index contributed by atoms with van der Waals surface area (Å²) in [7, 11) is 3.08. The molecule has 0 saturated carbocycles. The van der Waals surface area contributed by atoms with E-state index < -0.39 is 0 Å². The van der Waals surface area contributed by atoms with Crippen LogP contribution in [0.2, 0.25) is 0 Å². The summed E-state index contributed by atoms with van der Waals surface area (Å²) in [5.74, 6) is 1.24. The molecule has 2 aromatic rings. The summed E-state index contributed by atoms with van der Waals surface area (Å²) >= 11 is 0. The minimum Gasteiger partial charge on any atom is -0.381 e. The Morgan fingerprint density at radius 2 is 1.89 bits per heavy atom. The molecular formula is C19H33N5O3. The fraction of sp³-hybridized carbons (Fsp3) is 0.737. The molecule has 1 unspecified atom stereocenters. The molecule has 8 nitrogen and oxygen atoms in total. The average molecular weight is 380 g/mol. The van der Waals surface area contributed by atoms with E-state index in [1.165, 1.54) is 24.5 Å². The molecule has 0 amide bonds. The van der Waals surface area contributed by atoms with Crippen molar-refractivity contribution < 1.29 is 4.74 Å². The zero-order chi connectivity index (χ0) is 19.8. The van der Waals surface area contributed by atoms with Crippen LogP contribution < -0.4 is 16.6 Å². The molecular weight excluding hydrogens is 346 g/mol. The summed E-state index contributed by atoms with van der Waals surface area (Å²) in [6, 6.07) is 0. The minimum absolute atomic E-state index is 0.347. The van der Waals surface area contributed by atoms with Gasteiger partial charge >= 0.3 is 5.69 Å². The van der Waals surface area contributed by atoms with Crippen molar-refractivity contribution in [2.75, 3.05) is 25.1 Å². The molecule has 0 aliphatic heterocycles. The lowest BCUT2D eigenvalue weighted by atomic mass is 9.96. The van der Waals surface area contributed by atoms with Crippen LogP contribution in [0.5, 0.6) is 0 Å². The third kappa shape index (κ3) is 5.45. The SMILES string of the molecule is CCCOCCC(CC)CCCCNc1nc2c([nH]1)c(=O)n(C)c(=O)n2C. The smallest absolute Gasteiger partial charge is 0.332 e. The Labute approximate surface area is 159 Å². The zero-order valence-corrected chi connectivity index (χ0v) is 17.0. The summed E-state index contributed by atoms with van der Waals surface area (Å²) in [5, 5.41) is 3.22. The van der Waals surface area contributed by atoms with Crippen molar-refractivity contribution in [2.24, 2.45) is 20.0 Å². The first-order chi connectivity index (χ1) is 13.0. The maximum absolute atomic E-state index is 12.2. The first-order valence-electron chi connectivity index (χ1n) is 9.96. The van der Waals surface area contributed by atoms with Crippen molar-refractivity contribution in [1.82, 2.24) is 19.1 Å². The van der Waals surface area contributed by atoms with Crippen LogP contribution in [0.1, 0.15) is 52.4 Å². The van der Waals surface area contributed by atoms with E-state index in [-0.39, 0.29) is 11.2 Å². The van der Waals surface area contributed by atoms with E-state index in [0.717, 1.165) is 50.0 Å². The van der Waals surface area contributed by atoms with Crippen molar-refractivity contribution in [3.05, 3.63) is 20.8 Å². The Bertz CT molecular complexity index is 836. The second kappa shape index (κ2) is 10.3. The van der Waals surface area contributed by atoms with Gasteiger partial charge in [-0.3, -0.25) is 13.9 Å². The number of hydrogen-bond donors (Lipinski definition) is 2. The number of fused-ring (bicyclic) bond motifs is 1. The van der Waals surface area contributed by atoms with E-state index in [9.17, 15) is 9.59 Å². The van der Waals surface area contributed by atoms with Crippen LogP contribution in [0.3, 0.4) is 0 Å². The number of anilines is 1. The number of ether oxygens (including phenoxy) is 1. The Morgan fingerprint density at radius 3 is 2.59 bits per heavy atom.